The van der Waals surface area contributed by atoms with Gasteiger partial charge in [-0.1, -0.05) is 11.3 Å². The van der Waals surface area contributed by atoms with E-state index in [1.807, 2.05) is 0 Å². The van der Waals surface area contributed by atoms with E-state index < -0.39 is 5.97 Å². The van der Waals surface area contributed by atoms with Crippen LogP contribution < -0.4 is 4.90 Å². The van der Waals surface area contributed by atoms with Crippen molar-refractivity contribution in [2.24, 2.45) is 0 Å². The fourth-order valence-corrected chi connectivity index (χ4v) is 3.34. The Balaban J connectivity index is 2.24. The lowest BCUT2D eigenvalue weighted by Crippen LogP contribution is -2.47. The molecule has 112 valence electrons. The van der Waals surface area contributed by atoms with Gasteiger partial charge in [-0.25, -0.2) is 9.78 Å². The summed E-state index contributed by atoms with van der Waals surface area (Å²) in [5, 5.41) is 9.96. The Labute approximate surface area is 122 Å². The second kappa shape index (κ2) is 6.07. The maximum Gasteiger partial charge on any atom is 0.347 e. The molecule has 1 aromatic rings. The first-order chi connectivity index (χ1) is 9.49. The van der Waals surface area contributed by atoms with Crippen LogP contribution in [0.25, 0.3) is 0 Å². The predicted molar refractivity (Wildman–Crippen MR) is 76.6 cm³/mol. The maximum atomic E-state index is 11.2. The second-order valence-corrected chi connectivity index (χ2v) is 6.17. The summed E-state index contributed by atoms with van der Waals surface area (Å²) in [6, 6.07) is 0. The standard InChI is InChI=1S/C13H20N2O4S/c1-13(19-3)5-4-6-15(8-13)12-14-9(7-18-2)10(20-12)11(16)17/h4-8H2,1-3H3,(H,16,17). The van der Waals surface area contributed by atoms with Gasteiger partial charge in [0, 0.05) is 27.3 Å². The number of hydrogen-bond acceptors (Lipinski definition) is 6. The lowest BCUT2D eigenvalue weighted by molar-refractivity contribution is -0.00467. The van der Waals surface area contributed by atoms with E-state index in [0.717, 1.165) is 31.1 Å². The summed E-state index contributed by atoms with van der Waals surface area (Å²) < 4.78 is 10.6. The Morgan fingerprint density at radius 2 is 2.30 bits per heavy atom. The third-order valence-electron chi connectivity index (χ3n) is 3.58. The van der Waals surface area contributed by atoms with Crippen molar-refractivity contribution >= 4 is 22.4 Å². The second-order valence-electron chi connectivity index (χ2n) is 5.19. The Kier molecular flexibility index (Phi) is 4.62. The van der Waals surface area contributed by atoms with Crippen molar-refractivity contribution < 1.29 is 19.4 Å². The number of carboxylic acid groups (broad SMARTS) is 1. The van der Waals surface area contributed by atoms with Crippen LogP contribution in [0.4, 0.5) is 5.13 Å². The van der Waals surface area contributed by atoms with Crippen LogP contribution in [0.5, 0.6) is 0 Å². The van der Waals surface area contributed by atoms with Gasteiger partial charge >= 0.3 is 5.97 Å². The smallest absolute Gasteiger partial charge is 0.347 e. The number of nitrogens with zero attached hydrogens (tertiary/aromatic N) is 2. The van der Waals surface area contributed by atoms with E-state index in [1.165, 1.54) is 18.4 Å². The molecular formula is C13H20N2O4S. The maximum absolute atomic E-state index is 11.2. The molecule has 1 N–H and O–H groups in total. The molecule has 0 amide bonds. The highest BCUT2D eigenvalue weighted by Crippen LogP contribution is 2.32. The fraction of sp³-hybridized carbons (Fsp3) is 0.692. The van der Waals surface area contributed by atoms with Crippen molar-refractivity contribution in [3.8, 4) is 0 Å². The quantitative estimate of drug-likeness (QED) is 0.896. The minimum atomic E-state index is -0.952. The van der Waals surface area contributed by atoms with E-state index in [4.69, 9.17) is 9.47 Å². The summed E-state index contributed by atoms with van der Waals surface area (Å²) in [6.45, 7) is 3.88. The monoisotopic (exact) mass is 300 g/mol. The van der Waals surface area contributed by atoms with E-state index in [1.54, 1.807) is 7.11 Å². The number of hydrogen-bond donors (Lipinski definition) is 1. The third kappa shape index (κ3) is 3.11. The first kappa shape index (κ1) is 15.2. The summed E-state index contributed by atoms with van der Waals surface area (Å²) in [4.78, 5) is 18.0. The Bertz CT molecular complexity index is 491. The molecular weight excluding hydrogens is 280 g/mol. The van der Waals surface area contributed by atoms with Crippen molar-refractivity contribution in [3.05, 3.63) is 10.6 Å². The number of aromatic nitrogens is 1. The highest BCUT2D eigenvalue weighted by atomic mass is 32.1. The summed E-state index contributed by atoms with van der Waals surface area (Å²) in [5.41, 5.74) is 0.291. The van der Waals surface area contributed by atoms with E-state index in [2.05, 4.69) is 16.8 Å². The molecule has 1 aliphatic rings. The number of aromatic carboxylic acids is 1. The number of carbonyl (C=O) groups is 1. The van der Waals surface area contributed by atoms with Gasteiger partial charge < -0.3 is 19.5 Å². The molecule has 1 unspecified atom stereocenters. The van der Waals surface area contributed by atoms with Crippen molar-refractivity contribution in [3.63, 3.8) is 0 Å². The molecule has 1 fully saturated rings. The minimum Gasteiger partial charge on any atom is -0.477 e. The van der Waals surface area contributed by atoms with Gasteiger partial charge in [-0.3, -0.25) is 0 Å². The summed E-state index contributed by atoms with van der Waals surface area (Å²) >= 11 is 1.21. The Morgan fingerprint density at radius 3 is 2.90 bits per heavy atom. The molecule has 1 aliphatic heterocycles. The molecule has 0 bridgehead atoms. The molecule has 1 saturated heterocycles. The van der Waals surface area contributed by atoms with Gasteiger partial charge in [-0.15, -0.1) is 0 Å². The molecule has 0 aromatic carbocycles. The average molecular weight is 300 g/mol. The zero-order chi connectivity index (χ0) is 14.8. The largest absolute Gasteiger partial charge is 0.477 e. The summed E-state index contributed by atoms with van der Waals surface area (Å²) in [5.74, 6) is -0.952. The SMILES string of the molecule is COCc1nc(N2CCCC(C)(OC)C2)sc1C(=O)O. The average Bonchev–Trinajstić information content (AvgIpc) is 2.84. The molecule has 6 nitrogen and oxygen atoms in total. The number of rotatable bonds is 5. The fourth-order valence-electron chi connectivity index (χ4n) is 2.41. The highest BCUT2D eigenvalue weighted by Gasteiger charge is 2.32. The van der Waals surface area contributed by atoms with Gasteiger partial charge in [0.2, 0.25) is 0 Å². The minimum absolute atomic E-state index is 0.200. The summed E-state index contributed by atoms with van der Waals surface area (Å²) in [7, 11) is 3.25. The van der Waals surface area contributed by atoms with Crippen LogP contribution >= 0.6 is 11.3 Å². The molecule has 7 heteroatoms. The summed E-state index contributed by atoms with van der Waals surface area (Å²) in [6.07, 6.45) is 2.01. The van der Waals surface area contributed by atoms with Gasteiger partial charge in [0.05, 0.1) is 17.9 Å². The number of thiazole rings is 1. The van der Waals surface area contributed by atoms with Crippen LogP contribution in [0.15, 0.2) is 0 Å². The van der Waals surface area contributed by atoms with E-state index in [9.17, 15) is 9.90 Å². The molecule has 1 atom stereocenters. The van der Waals surface area contributed by atoms with E-state index in [-0.39, 0.29) is 17.1 Å². The molecule has 1 aromatic heterocycles. The zero-order valence-corrected chi connectivity index (χ0v) is 12.8. The number of methoxy groups -OCH3 is 2. The van der Waals surface area contributed by atoms with Crippen LogP contribution in [0, 0.1) is 0 Å². The first-order valence-electron chi connectivity index (χ1n) is 6.51. The van der Waals surface area contributed by atoms with Crippen LogP contribution in [0.2, 0.25) is 0 Å². The number of carboxylic acids is 1. The number of ether oxygens (including phenoxy) is 2. The molecule has 0 aliphatic carbocycles. The van der Waals surface area contributed by atoms with Crippen molar-refractivity contribution in [1.29, 1.82) is 0 Å². The molecule has 2 rings (SSSR count). The molecule has 20 heavy (non-hydrogen) atoms. The first-order valence-corrected chi connectivity index (χ1v) is 7.33. The number of anilines is 1. The third-order valence-corrected chi connectivity index (χ3v) is 4.73. The lowest BCUT2D eigenvalue weighted by atomic mass is 9.95. The molecule has 0 radical (unpaired) electrons. The van der Waals surface area contributed by atoms with E-state index >= 15 is 0 Å². The zero-order valence-electron chi connectivity index (χ0n) is 12.0. The predicted octanol–water partition coefficient (Wildman–Crippen LogP) is 1.99. The van der Waals surface area contributed by atoms with Gasteiger partial charge in [-0.2, -0.15) is 0 Å². The van der Waals surface area contributed by atoms with Crippen LogP contribution in [-0.4, -0.2) is 49.0 Å². The van der Waals surface area contributed by atoms with Crippen molar-refractivity contribution in [2.45, 2.75) is 32.0 Å². The lowest BCUT2D eigenvalue weighted by Gasteiger charge is -2.39. The normalized spacial score (nSPS) is 23.1. The molecule has 0 spiro atoms. The van der Waals surface area contributed by atoms with Crippen LogP contribution in [-0.2, 0) is 16.1 Å². The van der Waals surface area contributed by atoms with Gasteiger partial charge in [-0.05, 0) is 19.8 Å². The van der Waals surface area contributed by atoms with Crippen molar-refractivity contribution in [1.82, 2.24) is 4.98 Å². The van der Waals surface area contributed by atoms with Gasteiger partial charge in [0.15, 0.2) is 5.13 Å². The Morgan fingerprint density at radius 1 is 1.55 bits per heavy atom. The van der Waals surface area contributed by atoms with E-state index in [0.29, 0.717) is 5.69 Å². The molecule has 2 heterocycles. The molecule has 0 saturated carbocycles. The van der Waals surface area contributed by atoms with Crippen LogP contribution in [0.3, 0.4) is 0 Å². The topological polar surface area (TPSA) is 71.9 Å². The van der Waals surface area contributed by atoms with Gasteiger partial charge in [0.25, 0.3) is 0 Å². The highest BCUT2D eigenvalue weighted by molar-refractivity contribution is 7.17. The Hall–Kier alpha value is -1.18. The van der Waals surface area contributed by atoms with Crippen molar-refractivity contribution in [2.75, 3.05) is 32.2 Å². The van der Waals surface area contributed by atoms with Crippen LogP contribution in [0.1, 0.15) is 35.1 Å². The number of piperidine rings is 1. The van der Waals surface area contributed by atoms with Gasteiger partial charge in [0.1, 0.15) is 4.88 Å².